The summed E-state index contributed by atoms with van der Waals surface area (Å²) in [6.45, 7) is 1.59. The molecule has 0 spiro atoms. The number of rotatable bonds is 4. The van der Waals surface area contributed by atoms with Crippen LogP contribution in [0.3, 0.4) is 0 Å². The molecule has 2 rings (SSSR count). The highest BCUT2D eigenvalue weighted by Crippen LogP contribution is 2.27. The van der Waals surface area contributed by atoms with Crippen molar-refractivity contribution >= 4 is 15.9 Å². The summed E-state index contributed by atoms with van der Waals surface area (Å²) >= 11 is 3.21. The van der Waals surface area contributed by atoms with E-state index in [1.807, 2.05) is 0 Å². The average Bonchev–Trinajstić information content (AvgIpc) is 2.41. The van der Waals surface area contributed by atoms with Gasteiger partial charge in [-0.1, -0.05) is 22.0 Å². The van der Waals surface area contributed by atoms with Crippen LogP contribution >= 0.6 is 15.9 Å². The first-order valence-electron chi connectivity index (χ1n) is 6.49. The molecule has 1 unspecified atom stereocenters. The van der Waals surface area contributed by atoms with Gasteiger partial charge in [0.15, 0.2) is 0 Å². The molecule has 2 aromatic rings. The number of aryl methyl sites for hydroxylation is 1. The van der Waals surface area contributed by atoms with E-state index in [1.165, 1.54) is 24.3 Å². The van der Waals surface area contributed by atoms with E-state index in [0.29, 0.717) is 15.6 Å². The monoisotopic (exact) mass is 357 g/mol. The smallest absolute Gasteiger partial charge is 0.133 e. The highest BCUT2D eigenvalue weighted by Gasteiger charge is 2.21. The SMILES string of the molecule is CNC(Cc1cc(F)cc(Br)c1)c1c(F)ccc(C)c1F. The Morgan fingerprint density at radius 2 is 1.86 bits per heavy atom. The topological polar surface area (TPSA) is 12.0 Å². The molecule has 1 nitrogen and oxygen atoms in total. The molecule has 0 fully saturated rings. The van der Waals surface area contributed by atoms with Gasteiger partial charge in [-0.2, -0.15) is 0 Å². The van der Waals surface area contributed by atoms with Crippen molar-refractivity contribution in [1.29, 1.82) is 0 Å². The predicted molar refractivity (Wildman–Crippen MR) is 80.7 cm³/mol. The minimum atomic E-state index is -0.604. The summed E-state index contributed by atoms with van der Waals surface area (Å²) in [6, 6.07) is 6.52. The molecule has 0 aliphatic rings. The van der Waals surface area contributed by atoms with E-state index in [-0.39, 0.29) is 17.8 Å². The third-order valence-electron chi connectivity index (χ3n) is 3.38. The van der Waals surface area contributed by atoms with Crippen LogP contribution in [-0.2, 0) is 6.42 Å². The fourth-order valence-electron chi connectivity index (χ4n) is 2.31. The molecular formula is C16H15BrF3N. The van der Waals surface area contributed by atoms with Crippen molar-refractivity contribution in [3.63, 3.8) is 0 Å². The molecule has 1 N–H and O–H groups in total. The van der Waals surface area contributed by atoms with Gasteiger partial charge in [-0.25, -0.2) is 13.2 Å². The van der Waals surface area contributed by atoms with Crippen molar-refractivity contribution < 1.29 is 13.2 Å². The van der Waals surface area contributed by atoms with Crippen molar-refractivity contribution in [2.75, 3.05) is 7.05 Å². The Morgan fingerprint density at radius 1 is 1.14 bits per heavy atom. The summed E-state index contributed by atoms with van der Waals surface area (Å²) in [5, 5.41) is 2.90. The van der Waals surface area contributed by atoms with E-state index < -0.39 is 17.7 Å². The number of nitrogens with one attached hydrogen (secondary N) is 1. The first kappa shape index (κ1) is 16.0. The van der Waals surface area contributed by atoms with E-state index in [1.54, 1.807) is 20.0 Å². The summed E-state index contributed by atoms with van der Waals surface area (Å²) in [6.07, 6.45) is 0.282. The van der Waals surface area contributed by atoms with Gasteiger partial charge in [-0.05, 0) is 55.8 Å². The molecule has 112 valence electrons. The van der Waals surface area contributed by atoms with Crippen molar-refractivity contribution in [2.45, 2.75) is 19.4 Å². The normalized spacial score (nSPS) is 12.5. The lowest BCUT2D eigenvalue weighted by Crippen LogP contribution is -2.22. The highest BCUT2D eigenvalue weighted by atomic mass is 79.9. The molecule has 1 atom stereocenters. The number of benzene rings is 2. The van der Waals surface area contributed by atoms with E-state index in [0.717, 1.165) is 0 Å². The Balaban J connectivity index is 2.39. The van der Waals surface area contributed by atoms with Gasteiger partial charge < -0.3 is 5.32 Å². The van der Waals surface area contributed by atoms with E-state index in [2.05, 4.69) is 21.2 Å². The Bertz CT molecular complexity index is 638. The summed E-state index contributed by atoms with van der Waals surface area (Å²) in [5.41, 5.74) is 1.02. The molecule has 0 amide bonds. The standard InChI is InChI=1S/C16H15BrF3N/c1-9-3-4-13(19)15(16(9)20)14(21-2)7-10-5-11(17)8-12(18)6-10/h3-6,8,14,21H,7H2,1-2H3. The molecule has 0 bridgehead atoms. The van der Waals surface area contributed by atoms with Crippen LogP contribution in [0.25, 0.3) is 0 Å². The number of hydrogen-bond donors (Lipinski definition) is 1. The molecule has 2 aromatic carbocycles. The predicted octanol–water partition coefficient (Wildman–Crippen LogP) is 4.68. The quantitative estimate of drug-likeness (QED) is 0.837. The van der Waals surface area contributed by atoms with Crippen molar-refractivity contribution in [2.24, 2.45) is 0 Å². The Morgan fingerprint density at radius 3 is 2.48 bits per heavy atom. The molecule has 21 heavy (non-hydrogen) atoms. The van der Waals surface area contributed by atoms with E-state index in [9.17, 15) is 13.2 Å². The highest BCUT2D eigenvalue weighted by molar-refractivity contribution is 9.10. The summed E-state index contributed by atoms with van der Waals surface area (Å²) in [7, 11) is 1.63. The largest absolute Gasteiger partial charge is 0.313 e. The average molecular weight is 358 g/mol. The van der Waals surface area contributed by atoms with Crippen LogP contribution in [-0.4, -0.2) is 7.05 Å². The van der Waals surface area contributed by atoms with Crippen LogP contribution < -0.4 is 5.32 Å². The second kappa shape index (κ2) is 6.62. The van der Waals surface area contributed by atoms with Crippen LogP contribution in [0, 0.1) is 24.4 Å². The Labute approximate surface area is 130 Å². The Hall–Kier alpha value is -1.33. The fraction of sp³-hybridized carbons (Fsp3) is 0.250. The van der Waals surface area contributed by atoms with Crippen molar-refractivity contribution in [3.05, 3.63) is 68.9 Å². The number of likely N-dealkylation sites (N-methyl/N-ethyl adjacent to an activating group) is 1. The molecule has 0 aliphatic carbocycles. The molecule has 0 saturated heterocycles. The molecule has 0 aliphatic heterocycles. The van der Waals surface area contributed by atoms with Gasteiger partial charge in [-0.3, -0.25) is 0 Å². The zero-order valence-electron chi connectivity index (χ0n) is 11.7. The summed E-state index contributed by atoms with van der Waals surface area (Å²) in [4.78, 5) is 0. The van der Waals surface area contributed by atoms with E-state index >= 15 is 0 Å². The summed E-state index contributed by atoms with van der Waals surface area (Å²) < 4.78 is 42.2. The maximum Gasteiger partial charge on any atom is 0.133 e. The molecule has 0 radical (unpaired) electrons. The maximum absolute atomic E-state index is 14.2. The maximum atomic E-state index is 14.2. The number of hydrogen-bond acceptors (Lipinski definition) is 1. The van der Waals surface area contributed by atoms with Gasteiger partial charge in [-0.15, -0.1) is 0 Å². The van der Waals surface area contributed by atoms with Gasteiger partial charge >= 0.3 is 0 Å². The van der Waals surface area contributed by atoms with Crippen LogP contribution in [0.1, 0.15) is 22.7 Å². The minimum Gasteiger partial charge on any atom is -0.313 e. The number of halogens is 4. The second-order valence-corrected chi connectivity index (χ2v) is 5.83. The lowest BCUT2D eigenvalue weighted by atomic mass is 9.96. The van der Waals surface area contributed by atoms with Crippen molar-refractivity contribution in [3.8, 4) is 0 Å². The molecule has 0 saturated carbocycles. The summed E-state index contributed by atoms with van der Waals surface area (Å²) in [5.74, 6) is -1.56. The van der Waals surface area contributed by atoms with Gasteiger partial charge in [0.25, 0.3) is 0 Å². The molecular weight excluding hydrogens is 343 g/mol. The van der Waals surface area contributed by atoms with Crippen molar-refractivity contribution in [1.82, 2.24) is 5.32 Å². The fourth-order valence-corrected chi connectivity index (χ4v) is 2.82. The van der Waals surface area contributed by atoms with Gasteiger partial charge in [0, 0.05) is 16.1 Å². The first-order valence-corrected chi connectivity index (χ1v) is 7.28. The molecule has 0 aromatic heterocycles. The van der Waals surface area contributed by atoms with Crippen LogP contribution in [0.2, 0.25) is 0 Å². The molecule has 0 heterocycles. The second-order valence-electron chi connectivity index (χ2n) is 4.92. The van der Waals surface area contributed by atoms with Gasteiger partial charge in [0.1, 0.15) is 17.5 Å². The van der Waals surface area contributed by atoms with Crippen LogP contribution in [0.4, 0.5) is 13.2 Å². The third-order valence-corrected chi connectivity index (χ3v) is 3.84. The lowest BCUT2D eigenvalue weighted by molar-refractivity contribution is 0.485. The Kier molecular flexibility index (Phi) is 5.06. The lowest BCUT2D eigenvalue weighted by Gasteiger charge is -2.19. The van der Waals surface area contributed by atoms with Gasteiger partial charge in [0.05, 0.1) is 0 Å². The zero-order valence-corrected chi connectivity index (χ0v) is 13.3. The van der Waals surface area contributed by atoms with Crippen LogP contribution in [0.15, 0.2) is 34.8 Å². The molecule has 5 heteroatoms. The minimum absolute atomic E-state index is 0.0158. The van der Waals surface area contributed by atoms with Crippen LogP contribution in [0.5, 0.6) is 0 Å². The third kappa shape index (κ3) is 3.66. The van der Waals surface area contributed by atoms with E-state index in [4.69, 9.17) is 0 Å². The first-order chi connectivity index (χ1) is 9.92. The zero-order chi connectivity index (χ0) is 15.6. The van der Waals surface area contributed by atoms with Gasteiger partial charge in [0.2, 0.25) is 0 Å².